The van der Waals surface area contributed by atoms with Gasteiger partial charge in [-0.25, -0.2) is 4.79 Å². The summed E-state index contributed by atoms with van der Waals surface area (Å²) in [4.78, 5) is 14.7. The predicted octanol–water partition coefficient (Wildman–Crippen LogP) is 0.577. The minimum absolute atomic E-state index is 0.161. The third kappa shape index (κ3) is 0.724. The van der Waals surface area contributed by atoms with Crippen molar-refractivity contribution in [1.29, 1.82) is 5.41 Å². The Morgan fingerprint density at radius 2 is 2.36 bits per heavy atom. The van der Waals surface area contributed by atoms with Crippen LogP contribution < -0.4 is 0 Å². The summed E-state index contributed by atoms with van der Waals surface area (Å²) < 4.78 is 4.51. The van der Waals surface area contributed by atoms with Gasteiger partial charge in [-0.1, -0.05) is 0 Å². The number of rotatable bonds is 0. The number of aromatic nitrogens is 1. The summed E-state index contributed by atoms with van der Waals surface area (Å²) in [5.74, 6) is -0.649. The van der Waals surface area contributed by atoms with Crippen LogP contribution in [0.25, 0.3) is 0 Å². The first-order chi connectivity index (χ1) is 5.29. The van der Waals surface area contributed by atoms with Crippen molar-refractivity contribution in [2.24, 2.45) is 0 Å². The summed E-state index contributed by atoms with van der Waals surface area (Å²) >= 11 is 0. The van der Waals surface area contributed by atoms with E-state index in [0.29, 0.717) is 11.3 Å². The van der Waals surface area contributed by atoms with Gasteiger partial charge in [0, 0.05) is 6.20 Å². The Labute approximate surface area is 62.3 Å². The first kappa shape index (κ1) is 6.03. The Morgan fingerprint density at radius 3 is 3.09 bits per heavy atom. The zero-order valence-electron chi connectivity index (χ0n) is 5.50. The highest BCUT2D eigenvalue weighted by atomic mass is 16.5. The average molecular weight is 148 g/mol. The van der Waals surface area contributed by atoms with Gasteiger partial charge >= 0.3 is 5.97 Å². The number of hydrogen-bond acceptors (Lipinski definition) is 4. The van der Waals surface area contributed by atoms with E-state index in [4.69, 9.17) is 5.41 Å². The van der Waals surface area contributed by atoms with E-state index in [1.807, 2.05) is 0 Å². The number of carbonyl (C=O) groups is 1. The molecule has 1 aliphatic rings. The lowest BCUT2D eigenvalue weighted by Gasteiger charge is -1.87. The van der Waals surface area contributed by atoms with Crippen LogP contribution in [0.4, 0.5) is 0 Å². The van der Waals surface area contributed by atoms with Crippen molar-refractivity contribution >= 4 is 11.9 Å². The molecule has 0 aliphatic carbocycles. The van der Waals surface area contributed by atoms with E-state index in [1.165, 1.54) is 6.20 Å². The number of nitrogens with one attached hydrogen (secondary N) is 1. The van der Waals surface area contributed by atoms with Crippen LogP contribution in [0.2, 0.25) is 0 Å². The Hall–Kier alpha value is -1.71. The lowest BCUT2D eigenvalue weighted by molar-refractivity contribution is 0.0736. The fourth-order valence-electron chi connectivity index (χ4n) is 0.947. The SMILES string of the molecule is N=C1OC(=O)c2cccnc21. The normalized spacial score (nSPS) is 14.5. The molecule has 0 aromatic carbocycles. The van der Waals surface area contributed by atoms with Gasteiger partial charge in [0.25, 0.3) is 0 Å². The van der Waals surface area contributed by atoms with Gasteiger partial charge in [-0.2, -0.15) is 0 Å². The molecule has 0 amide bonds. The van der Waals surface area contributed by atoms with Gasteiger partial charge < -0.3 is 4.74 Å². The number of carbonyl (C=O) groups excluding carboxylic acids is 1. The van der Waals surface area contributed by atoms with Crippen LogP contribution >= 0.6 is 0 Å². The standard InChI is InChI=1S/C7H4N2O2/c8-6-5-4(7(10)11-6)2-1-3-9-5/h1-3,8H. The molecule has 1 aliphatic heterocycles. The van der Waals surface area contributed by atoms with E-state index in [9.17, 15) is 4.79 Å². The number of cyclic esters (lactones) is 1. The third-order valence-corrected chi connectivity index (χ3v) is 1.44. The van der Waals surface area contributed by atoms with E-state index in [0.717, 1.165) is 0 Å². The zero-order chi connectivity index (χ0) is 7.84. The molecule has 0 bridgehead atoms. The van der Waals surface area contributed by atoms with Gasteiger partial charge in [0.15, 0.2) is 0 Å². The van der Waals surface area contributed by atoms with E-state index in [-0.39, 0.29) is 5.90 Å². The Kier molecular flexibility index (Phi) is 1.03. The van der Waals surface area contributed by atoms with Crippen molar-refractivity contribution in [3.05, 3.63) is 29.6 Å². The molecular weight excluding hydrogens is 144 g/mol. The molecule has 0 fully saturated rings. The highest BCUT2D eigenvalue weighted by Gasteiger charge is 2.27. The van der Waals surface area contributed by atoms with Crippen molar-refractivity contribution in [2.75, 3.05) is 0 Å². The molecule has 1 N–H and O–H groups in total. The highest BCUT2D eigenvalue weighted by molar-refractivity contribution is 6.14. The highest BCUT2D eigenvalue weighted by Crippen LogP contribution is 2.15. The van der Waals surface area contributed by atoms with Crippen molar-refractivity contribution in [1.82, 2.24) is 4.98 Å². The smallest absolute Gasteiger partial charge is 0.347 e. The van der Waals surface area contributed by atoms with Crippen molar-refractivity contribution in [3.8, 4) is 0 Å². The molecule has 54 valence electrons. The quantitative estimate of drug-likeness (QED) is 0.547. The largest absolute Gasteiger partial charge is 0.402 e. The van der Waals surface area contributed by atoms with Crippen molar-refractivity contribution in [2.45, 2.75) is 0 Å². The molecule has 0 radical (unpaired) electrons. The molecule has 2 rings (SSSR count). The minimum Gasteiger partial charge on any atom is -0.402 e. The zero-order valence-corrected chi connectivity index (χ0v) is 5.50. The van der Waals surface area contributed by atoms with Gasteiger partial charge in [0.05, 0.1) is 5.56 Å². The number of hydrogen-bond donors (Lipinski definition) is 1. The predicted molar refractivity (Wildman–Crippen MR) is 36.5 cm³/mol. The fraction of sp³-hybridized carbons (Fsp3) is 0. The maximum Gasteiger partial charge on any atom is 0.347 e. The monoisotopic (exact) mass is 148 g/mol. The maximum atomic E-state index is 10.9. The second-order valence-corrected chi connectivity index (χ2v) is 2.12. The molecule has 0 atom stereocenters. The van der Waals surface area contributed by atoms with Crippen molar-refractivity contribution in [3.63, 3.8) is 0 Å². The molecule has 1 aromatic heterocycles. The number of ether oxygens (including phenoxy) is 1. The van der Waals surface area contributed by atoms with Gasteiger partial charge in [0.2, 0.25) is 5.90 Å². The average Bonchev–Trinajstić information content (AvgIpc) is 2.30. The van der Waals surface area contributed by atoms with Crippen LogP contribution in [0, 0.1) is 5.41 Å². The first-order valence-electron chi connectivity index (χ1n) is 3.05. The van der Waals surface area contributed by atoms with Crippen LogP contribution in [0.15, 0.2) is 18.3 Å². The summed E-state index contributed by atoms with van der Waals surface area (Å²) in [5.41, 5.74) is 0.704. The van der Waals surface area contributed by atoms with Crippen molar-refractivity contribution < 1.29 is 9.53 Å². The van der Waals surface area contributed by atoms with Crippen LogP contribution in [0.1, 0.15) is 16.1 Å². The molecule has 0 spiro atoms. The van der Waals surface area contributed by atoms with E-state index < -0.39 is 5.97 Å². The van der Waals surface area contributed by atoms with E-state index >= 15 is 0 Å². The minimum atomic E-state index is -0.488. The topological polar surface area (TPSA) is 63.0 Å². The van der Waals surface area contributed by atoms with Gasteiger partial charge in [0.1, 0.15) is 5.69 Å². The summed E-state index contributed by atoms with van der Waals surface area (Å²) in [7, 11) is 0. The lowest BCUT2D eigenvalue weighted by atomic mass is 10.2. The van der Waals surface area contributed by atoms with Gasteiger partial charge in [-0.05, 0) is 12.1 Å². The van der Waals surface area contributed by atoms with Crippen LogP contribution in [0.5, 0.6) is 0 Å². The molecule has 4 heteroatoms. The first-order valence-corrected chi connectivity index (χ1v) is 3.05. The second-order valence-electron chi connectivity index (χ2n) is 2.12. The summed E-state index contributed by atoms with van der Waals surface area (Å²) in [6.07, 6.45) is 1.52. The molecule has 0 saturated heterocycles. The van der Waals surface area contributed by atoms with Crippen LogP contribution in [-0.2, 0) is 4.74 Å². The summed E-state index contributed by atoms with van der Waals surface area (Å²) in [6, 6.07) is 3.23. The number of pyridine rings is 1. The maximum absolute atomic E-state index is 10.9. The molecule has 4 nitrogen and oxygen atoms in total. The molecule has 11 heavy (non-hydrogen) atoms. The summed E-state index contributed by atoms with van der Waals surface area (Å²) in [5, 5.41) is 7.16. The molecular formula is C7H4N2O2. The Balaban J connectivity index is 2.69. The Bertz CT molecular complexity index is 313. The van der Waals surface area contributed by atoms with Gasteiger partial charge in [-0.15, -0.1) is 0 Å². The molecule has 2 heterocycles. The van der Waals surface area contributed by atoms with Gasteiger partial charge in [-0.3, -0.25) is 10.4 Å². The van der Waals surface area contributed by atoms with Crippen LogP contribution in [-0.4, -0.2) is 16.9 Å². The molecule has 0 unspecified atom stereocenters. The van der Waals surface area contributed by atoms with E-state index in [2.05, 4.69) is 9.72 Å². The summed E-state index contributed by atoms with van der Waals surface area (Å²) in [6.45, 7) is 0. The number of nitrogens with zero attached hydrogens (tertiary/aromatic N) is 1. The second kappa shape index (κ2) is 1.88. The molecule has 1 aromatic rings. The van der Waals surface area contributed by atoms with Crippen LogP contribution in [0.3, 0.4) is 0 Å². The molecule has 0 saturated carbocycles. The third-order valence-electron chi connectivity index (χ3n) is 1.44. The number of esters is 1. The fourth-order valence-corrected chi connectivity index (χ4v) is 0.947. The lowest BCUT2D eigenvalue weighted by Crippen LogP contribution is -1.97. The Morgan fingerprint density at radius 1 is 1.55 bits per heavy atom. The van der Waals surface area contributed by atoms with E-state index in [1.54, 1.807) is 12.1 Å². The number of fused-ring (bicyclic) bond motifs is 1.